The highest BCUT2D eigenvalue weighted by molar-refractivity contribution is 5.50. The Hall–Kier alpha value is -2.29. The van der Waals surface area contributed by atoms with Gasteiger partial charge in [-0.25, -0.2) is 4.98 Å². The van der Waals surface area contributed by atoms with Crippen LogP contribution >= 0.6 is 0 Å². The van der Waals surface area contributed by atoms with Crippen LogP contribution in [0.3, 0.4) is 0 Å². The van der Waals surface area contributed by atoms with E-state index < -0.39 is 0 Å². The maximum atomic E-state index is 4.95. The number of allylic oxidation sites excluding steroid dienone is 5. The Morgan fingerprint density at radius 3 is 2.09 bits per heavy atom. The maximum Gasteiger partial charge on any atom is 0.109 e. The van der Waals surface area contributed by atoms with E-state index in [4.69, 9.17) is 4.98 Å². The molecule has 0 atom stereocenters. The van der Waals surface area contributed by atoms with Crippen LogP contribution in [0.4, 0.5) is 0 Å². The summed E-state index contributed by atoms with van der Waals surface area (Å²) in [6, 6.07) is 0. The van der Waals surface area contributed by atoms with Crippen LogP contribution in [-0.2, 0) is 19.4 Å². The lowest BCUT2D eigenvalue weighted by Crippen LogP contribution is -2.19. The van der Waals surface area contributed by atoms with Gasteiger partial charge in [-0.2, -0.15) is 0 Å². The number of rotatable bonds is 14. The van der Waals surface area contributed by atoms with Gasteiger partial charge >= 0.3 is 0 Å². The van der Waals surface area contributed by atoms with E-state index in [2.05, 4.69) is 84.2 Å². The molecule has 0 unspecified atom stereocenters. The van der Waals surface area contributed by atoms with Crippen molar-refractivity contribution < 1.29 is 0 Å². The summed E-state index contributed by atoms with van der Waals surface area (Å²) in [4.78, 5) is 4.95. The highest BCUT2D eigenvalue weighted by atomic mass is 15.1. The number of imidazole rings is 1. The summed E-state index contributed by atoms with van der Waals surface area (Å²) in [5.41, 5.74) is 3.42. The molecule has 0 aromatic carbocycles. The summed E-state index contributed by atoms with van der Waals surface area (Å²) >= 11 is 0. The molecule has 1 heterocycles. The number of unbranched alkanes of at least 4 members (excludes halogenated alkanes) is 1. The minimum atomic E-state index is 0.720. The Morgan fingerprint density at radius 2 is 1.69 bits per heavy atom. The van der Waals surface area contributed by atoms with Crippen molar-refractivity contribution in [1.82, 2.24) is 14.9 Å². The van der Waals surface area contributed by atoms with Gasteiger partial charge in [0.25, 0.3) is 0 Å². The van der Waals surface area contributed by atoms with E-state index >= 15 is 0 Å². The van der Waals surface area contributed by atoms with E-state index in [0.717, 1.165) is 61.4 Å². The smallest absolute Gasteiger partial charge is 0.109 e. The Balaban J connectivity index is 0. The zero-order valence-electron chi connectivity index (χ0n) is 24.7. The van der Waals surface area contributed by atoms with Crippen LogP contribution in [0, 0.1) is 17.8 Å². The molecule has 0 aliphatic carbocycles. The normalized spacial score (nSPS) is 11.0. The van der Waals surface area contributed by atoms with Gasteiger partial charge in [0.15, 0.2) is 0 Å². The van der Waals surface area contributed by atoms with Gasteiger partial charge in [-0.1, -0.05) is 92.3 Å². The number of hydrogen-bond acceptors (Lipinski definition) is 2. The summed E-state index contributed by atoms with van der Waals surface area (Å²) in [6.45, 7) is 30.2. The first-order chi connectivity index (χ1) is 16.7. The molecular formula is C32H57N3. The largest absolute Gasteiger partial charge is 0.389 e. The van der Waals surface area contributed by atoms with E-state index in [9.17, 15) is 0 Å². The summed E-state index contributed by atoms with van der Waals surface area (Å²) in [7, 11) is 1.85. The Morgan fingerprint density at radius 1 is 1.09 bits per heavy atom. The van der Waals surface area contributed by atoms with Crippen LogP contribution in [0.15, 0.2) is 55.8 Å². The average molecular weight is 484 g/mol. The van der Waals surface area contributed by atoms with E-state index in [1.165, 1.54) is 24.4 Å². The highest BCUT2D eigenvalue weighted by Crippen LogP contribution is 2.26. The van der Waals surface area contributed by atoms with Gasteiger partial charge in [0.05, 0.1) is 5.69 Å². The van der Waals surface area contributed by atoms with Crippen molar-refractivity contribution in [1.29, 1.82) is 0 Å². The van der Waals surface area contributed by atoms with Crippen molar-refractivity contribution in [2.24, 2.45) is 17.8 Å². The minimum Gasteiger partial charge on any atom is -0.389 e. The molecule has 200 valence electrons. The van der Waals surface area contributed by atoms with Gasteiger partial charge in [0, 0.05) is 31.4 Å². The molecule has 3 nitrogen and oxygen atoms in total. The Labute approximate surface area is 219 Å². The van der Waals surface area contributed by atoms with Gasteiger partial charge in [0.2, 0.25) is 0 Å². The highest BCUT2D eigenvalue weighted by Gasteiger charge is 2.20. The van der Waals surface area contributed by atoms with Crippen molar-refractivity contribution in [3.05, 3.63) is 73.0 Å². The third kappa shape index (κ3) is 15.3. The molecular weight excluding hydrogens is 426 g/mol. The van der Waals surface area contributed by atoms with Gasteiger partial charge < -0.3 is 9.88 Å². The number of nitrogens with one attached hydrogen (secondary N) is 1. The number of aryl methyl sites for hydroxylation is 1. The Kier molecular flexibility index (Phi) is 22.1. The van der Waals surface area contributed by atoms with Crippen LogP contribution in [-0.4, -0.2) is 16.6 Å². The standard InChI is InChI=1S/C23H38N2.C6H11N.C3H8/c1-8-11-13-15-23-24-21(14-12-9-2)22(10-3)25(23)17-16-20(18(4)5)19(6)7;1-4-5-6(2)7-3;1-3-2/h8-9,12,14,18-20H,1-2,10-11,13,15-17H2,3-7H3;4-5,7H,2H2,1,3H3;3H2,1-2H3/b14-12-;5-4+;. The molecule has 0 radical (unpaired) electrons. The van der Waals surface area contributed by atoms with Crippen molar-refractivity contribution in [3.63, 3.8) is 0 Å². The van der Waals surface area contributed by atoms with Crippen molar-refractivity contribution in [2.45, 2.75) is 100 Å². The Bertz CT molecular complexity index is 739. The topological polar surface area (TPSA) is 29.9 Å². The second kappa shape index (κ2) is 22.2. The summed E-state index contributed by atoms with van der Waals surface area (Å²) < 4.78 is 2.49. The second-order valence-electron chi connectivity index (χ2n) is 9.56. The van der Waals surface area contributed by atoms with Crippen molar-refractivity contribution in [3.8, 4) is 0 Å². The van der Waals surface area contributed by atoms with Gasteiger partial charge in [-0.3, -0.25) is 0 Å². The number of nitrogens with zero attached hydrogens (tertiary/aromatic N) is 2. The molecule has 0 bridgehead atoms. The zero-order chi connectivity index (χ0) is 27.2. The maximum absolute atomic E-state index is 4.95. The summed E-state index contributed by atoms with van der Waals surface area (Å²) in [5.74, 6) is 3.42. The number of hydrogen-bond donors (Lipinski definition) is 1. The minimum absolute atomic E-state index is 0.720. The van der Waals surface area contributed by atoms with Crippen molar-refractivity contribution >= 4 is 6.08 Å². The van der Waals surface area contributed by atoms with E-state index in [1.807, 2.05) is 44.4 Å². The second-order valence-corrected chi connectivity index (χ2v) is 9.56. The molecule has 35 heavy (non-hydrogen) atoms. The van der Waals surface area contributed by atoms with E-state index in [1.54, 1.807) is 0 Å². The lowest BCUT2D eigenvalue weighted by molar-refractivity contribution is 0.255. The third-order valence-corrected chi connectivity index (χ3v) is 5.80. The van der Waals surface area contributed by atoms with Crippen LogP contribution < -0.4 is 5.32 Å². The lowest BCUT2D eigenvalue weighted by atomic mass is 9.83. The molecule has 1 N–H and O–H groups in total. The molecule has 1 aromatic rings. The first kappa shape index (κ1) is 34.9. The first-order valence-corrected chi connectivity index (χ1v) is 13.7. The fourth-order valence-electron chi connectivity index (χ4n) is 4.08. The van der Waals surface area contributed by atoms with Gasteiger partial charge in [-0.05, 0) is 62.5 Å². The quantitative estimate of drug-likeness (QED) is 0.162. The molecule has 0 saturated carbocycles. The SMILES string of the molecule is C=C(/C=C/C)NC.C=C/C=C\c1nc(CCCC=C)n(CCC(C(C)C)C(C)C)c1CC.CCC. The predicted octanol–water partition coefficient (Wildman–Crippen LogP) is 9.18. The predicted molar refractivity (Wildman–Crippen MR) is 161 cm³/mol. The number of likely N-dealkylation sites (N-methyl/N-ethyl adjacent to an activating group) is 1. The van der Waals surface area contributed by atoms with E-state index in [-0.39, 0.29) is 0 Å². The molecule has 0 aliphatic heterocycles. The molecule has 0 fully saturated rings. The van der Waals surface area contributed by atoms with Crippen LogP contribution in [0.25, 0.3) is 6.08 Å². The van der Waals surface area contributed by atoms with E-state index in [0.29, 0.717) is 0 Å². The molecule has 3 heteroatoms. The lowest BCUT2D eigenvalue weighted by Gasteiger charge is -2.25. The monoisotopic (exact) mass is 483 g/mol. The average Bonchev–Trinajstić information content (AvgIpc) is 3.14. The molecule has 0 aliphatic rings. The summed E-state index contributed by atoms with van der Waals surface area (Å²) in [5, 5.41) is 2.88. The van der Waals surface area contributed by atoms with Gasteiger partial charge in [-0.15, -0.1) is 6.58 Å². The molecule has 1 aromatic heterocycles. The molecule has 0 saturated heterocycles. The van der Waals surface area contributed by atoms with Gasteiger partial charge in [0.1, 0.15) is 5.82 Å². The third-order valence-electron chi connectivity index (χ3n) is 5.80. The van der Waals surface area contributed by atoms with Crippen molar-refractivity contribution in [2.75, 3.05) is 7.05 Å². The zero-order valence-corrected chi connectivity index (χ0v) is 24.7. The first-order valence-electron chi connectivity index (χ1n) is 13.7. The fourth-order valence-corrected chi connectivity index (χ4v) is 4.08. The number of aromatic nitrogens is 2. The molecule has 1 rings (SSSR count). The van der Waals surface area contributed by atoms with Crippen LogP contribution in [0.2, 0.25) is 0 Å². The molecule has 0 spiro atoms. The van der Waals surface area contributed by atoms with Crippen LogP contribution in [0.1, 0.15) is 98.3 Å². The molecule has 0 amide bonds. The summed E-state index contributed by atoms with van der Waals surface area (Å²) in [6.07, 6.45) is 18.4. The fraction of sp³-hybridized carbons (Fsp3) is 0.594. The van der Waals surface area contributed by atoms with Crippen LogP contribution in [0.5, 0.6) is 0 Å².